The number of nitrogen functional groups attached to an aromatic ring is 1. The second-order valence-corrected chi connectivity index (χ2v) is 6.78. The van der Waals surface area contributed by atoms with Gasteiger partial charge in [-0.25, -0.2) is 4.98 Å². The summed E-state index contributed by atoms with van der Waals surface area (Å²) in [6.07, 6.45) is 0. The van der Waals surface area contributed by atoms with Crippen LogP contribution in [-0.2, 0) is 6.54 Å². The van der Waals surface area contributed by atoms with E-state index in [1.54, 1.807) is 0 Å². The van der Waals surface area contributed by atoms with Gasteiger partial charge in [-0.05, 0) is 36.0 Å². The molecule has 0 atom stereocenters. The average Bonchev–Trinajstić information content (AvgIpc) is 2.60. The van der Waals surface area contributed by atoms with Crippen LogP contribution in [0.5, 0.6) is 0 Å². The normalized spacial score (nSPS) is 12.2. The van der Waals surface area contributed by atoms with Gasteiger partial charge in [0.05, 0.1) is 11.0 Å². The maximum Gasteiger partial charge on any atom is 0.201 e. The van der Waals surface area contributed by atoms with Crippen molar-refractivity contribution in [2.45, 2.75) is 34.2 Å². The smallest absolute Gasteiger partial charge is 0.201 e. The molecular formula is C15H22BrN3. The molecule has 1 heterocycles. The van der Waals surface area contributed by atoms with E-state index in [0.29, 0.717) is 23.7 Å². The highest BCUT2D eigenvalue weighted by molar-refractivity contribution is 9.10. The third-order valence-corrected chi connectivity index (χ3v) is 4.34. The molecule has 2 aromatic rings. The standard InChI is InChI=1S/C15H22BrN3/c1-9(2)12(10(3)4)8-19-14-7-11(16)5-6-13(14)18-15(19)17/h5-7,9-10,12H,8H2,1-4H3,(H2,17,18). The van der Waals surface area contributed by atoms with Gasteiger partial charge in [0.1, 0.15) is 0 Å². The number of nitrogens with two attached hydrogens (primary N) is 1. The Hall–Kier alpha value is -1.03. The summed E-state index contributed by atoms with van der Waals surface area (Å²) in [6.45, 7) is 10.0. The molecular weight excluding hydrogens is 302 g/mol. The molecule has 2 N–H and O–H groups in total. The van der Waals surface area contributed by atoms with E-state index in [1.165, 1.54) is 0 Å². The van der Waals surface area contributed by atoms with Crippen LogP contribution in [0, 0.1) is 17.8 Å². The second-order valence-electron chi connectivity index (χ2n) is 5.87. The predicted molar refractivity (Wildman–Crippen MR) is 85.0 cm³/mol. The lowest BCUT2D eigenvalue weighted by Crippen LogP contribution is -2.22. The quantitative estimate of drug-likeness (QED) is 0.911. The highest BCUT2D eigenvalue weighted by Gasteiger charge is 2.20. The van der Waals surface area contributed by atoms with Gasteiger partial charge in [-0.1, -0.05) is 43.6 Å². The van der Waals surface area contributed by atoms with Gasteiger partial charge in [0.15, 0.2) is 0 Å². The number of imidazole rings is 1. The van der Waals surface area contributed by atoms with Gasteiger partial charge in [0, 0.05) is 11.0 Å². The molecule has 0 aliphatic rings. The zero-order chi connectivity index (χ0) is 14.2. The van der Waals surface area contributed by atoms with Crippen molar-refractivity contribution in [2.24, 2.45) is 17.8 Å². The van der Waals surface area contributed by atoms with Crippen molar-refractivity contribution in [3.8, 4) is 0 Å². The van der Waals surface area contributed by atoms with Crippen LogP contribution in [0.25, 0.3) is 11.0 Å². The van der Waals surface area contributed by atoms with E-state index in [4.69, 9.17) is 5.73 Å². The summed E-state index contributed by atoms with van der Waals surface area (Å²) < 4.78 is 3.21. The number of rotatable bonds is 4. The third-order valence-electron chi connectivity index (χ3n) is 3.85. The first-order valence-corrected chi connectivity index (χ1v) is 7.60. The molecule has 1 aromatic carbocycles. The summed E-state index contributed by atoms with van der Waals surface area (Å²) in [7, 11) is 0. The molecule has 0 amide bonds. The number of aromatic nitrogens is 2. The van der Waals surface area contributed by atoms with Gasteiger partial charge in [-0.2, -0.15) is 0 Å². The van der Waals surface area contributed by atoms with Crippen molar-refractivity contribution >= 4 is 32.9 Å². The van der Waals surface area contributed by atoms with Crippen LogP contribution in [-0.4, -0.2) is 9.55 Å². The van der Waals surface area contributed by atoms with Crippen LogP contribution in [0.2, 0.25) is 0 Å². The molecule has 0 saturated heterocycles. The molecule has 104 valence electrons. The van der Waals surface area contributed by atoms with Crippen molar-refractivity contribution in [1.82, 2.24) is 9.55 Å². The summed E-state index contributed by atoms with van der Waals surface area (Å²) in [4.78, 5) is 4.45. The average molecular weight is 324 g/mol. The summed E-state index contributed by atoms with van der Waals surface area (Å²) in [5.41, 5.74) is 8.16. The fourth-order valence-electron chi connectivity index (χ4n) is 2.71. The van der Waals surface area contributed by atoms with Crippen molar-refractivity contribution in [1.29, 1.82) is 0 Å². The highest BCUT2D eigenvalue weighted by Crippen LogP contribution is 2.28. The Bertz CT molecular complexity index is 564. The number of nitrogens with zero attached hydrogens (tertiary/aromatic N) is 2. The molecule has 0 radical (unpaired) electrons. The molecule has 19 heavy (non-hydrogen) atoms. The fourth-order valence-corrected chi connectivity index (χ4v) is 3.06. The van der Waals surface area contributed by atoms with Gasteiger partial charge < -0.3 is 10.3 Å². The molecule has 3 nitrogen and oxygen atoms in total. The first-order valence-electron chi connectivity index (χ1n) is 6.81. The number of hydrogen-bond acceptors (Lipinski definition) is 2. The minimum Gasteiger partial charge on any atom is -0.369 e. The molecule has 0 bridgehead atoms. The zero-order valence-corrected chi connectivity index (χ0v) is 13.6. The topological polar surface area (TPSA) is 43.8 Å². The van der Waals surface area contributed by atoms with E-state index in [0.717, 1.165) is 22.1 Å². The Morgan fingerprint density at radius 2 is 1.84 bits per heavy atom. The van der Waals surface area contributed by atoms with Gasteiger partial charge in [0.25, 0.3) is 0 Å². The number of benzene rings is 1. The van der Waals surface area contributed by atoms with Crippen LogP contribution < -0.4 is 5.73 Å². The van der Waals surface area contributed by atoms with E-state index in [-0.39, 0.29) is 0 Å². The Labute approximate surface area is 123 Å². The van der Waals surface area contributed by atoms with Gasteiger partial charge in [0.2, 0.25) is 5.95 Å². The molecule has 0 fully saturated rings. The van der Waals surface area contributed by atoms with Gasteiger partial charge >= 0.3 is 0 Å². The Balaban J connectivity index is 2.44. The lowest BCUT2D eigenvalue weighted by Gasteiger charge is -2.26. The minimum atomic E-state index is 0.596. The molecule has 0 unspecified atom stereocenters. The molecule has 0 spiro atoms. The van der Waals surface area contributed by atoms with Crippen LogP contribution in [0.3, 0.4) is 0 Å². The number of halogens is 1. The van der Waals surface area contributed by atoms with Crippen molar-refractivity contribution in [2.75, 3.05) is 5.73 Å². The van der Waals surface area contributed by atoms with Crippen LogP contribution in [0.1, 0.15) is 27.7 Å². The maximum atomic E-state index is 6.09. The monoisotopic (exact) mass is 323 g/mol. The molecule has 4 heteroatoms. The number of fused-ring (bicyclic) bond motifs is 1. The largest absolute Gasteiger partial charge is 0.369 e. The Morgan fingerprint density at radius 1 is 1.21 bits per heavy atom. The maximum absolute atomic E-state index is 6.09. The fraction of sp³-hybridized carbons (Fsp3) is 0.533. The van der Waals surface area contributed by atoms with E-state index in [2.05, 4.69) is 59.2 Å². The first kappa shape index (κ1) is 14.4. The molecule has 0 aliphatic carbocycles. The minimum absolute atomic E-state index is 0.596. The Morgan fingerprint density at radius 3 is 2.42 bits per heavy atom. The third kappa shape index (κ3) is 2.94. The van der Waals surface area contributed by atoms with Crippen LogP contribution in [0.4, 0.5) is 5.95 Å². The molecule has 2 rings (SSSR count). The lowest BCUT2D eigenvalue weighted by atomic mass is 9.85. The zero-order valence-electron chi connectivity index (χ0n) is 12.0. The summed E-state index contributed by atoms with van der Waals surface area (Å²) >= 11 is 3.52. The molecule has 0 aliphatic heterocycles. The number of hydrogen-bond donors (Lipinski definition) is 1. The highest BCUT2D eigenvalue weighted by atomic mass is 79.9. The number of anilines is 1. The Kier molecular flexibility index (Phi) is 4.19. The van der Waals surface area contributed by atoms with E-state index in [1.807, 2.05) is 12.1 Å². The summed E-state index contributed by atoms with van der Waals surface area (Å²) in [5, 5.41) is 0. The summed E-state index contributed by atoms with van der Waals surface area (Å²) in [5.74, 6) is 2.46. The SMILES string of the molecule is CC(C)C(Cn1c(N)nc2ccc(Br)cc21)C(C)C. The first-order chi connectivity index (χ1) is 8.90. The van der Waals surface area contributed by atoms with Crippen LogP contribution >= 0.6 is 15.9 Å². The van der Waals surface area contributed by atoms with E-state index < -0.39 is 0 Å². The van der Waals surface area contributed by atoms with Gasteiger partial charge in [-0.15, -0.1) is 0 Å². The van der Waals surface area contributed by atoms with E-state index in [9.17, 15) is 0 Å². The van der Waals surface area contributed by atoms with Crippen LogP contribution in [0.15, 0.2) is 22.7 Å². The molecule has 1 aromatic heterocycles. The molecule has 0 saturated carbocycles. The van der Waals surface area contributed by atoms with E-state index >= 15 is 0 Å². The lowest BCUT2D eigenvalue weighted by molar-refractivity contribution is 0.255. The van der Waals surface area contributed by atoms with Gasteiger partial charge in [-0.3, -0.25) is 0 Å². The van der Waals surface area contributed by atoms with Crippen molar-refractivity contribution < 1.29 is 0 Å². The van der Waals surface area contributed by atoms with Crippen molar-refractivity contribution in [3.05, 3.63) is 22.7 Å². The van der Waals surface area contributed by atoms with Crippen molar-refractivity contribution in [3.63, 3.8) is 0 Å². The predicted octanol–water partition coefficient (Wildman–Crippen LogP) is 4.31. The summed E-state index contributed by atoms with van der Waals surface area (Å²) in [6, 6.07) is 6.10. The second kappa shape index (κ2) is 5.53.